The van der Waals surface area contributed by atoms with Gasteiger partial charge in [0.15, 0.2) is 0 Å². The molecule has 0 bridgehead atoms. The van der Waals surface area contributed by atoms with Crippen molar-refractivity contribution in [3.05, 3.63) is 64.7 Å². The molecule has 1 N–H and O–H groups in total. The van der Waals surface area contributed by atoms with Crippen molar-refractivity contribution in [3.8, 4) is 5.75 Å². The van der Waals surface area contributed by atoms with Crippen LogP contribution in [0.25, 0.3) is 0 Å². The zero-order valence-corrected chi connectivity index (χ0v) is 16.1. The molecule has 6 heteroatoms. The lowest BCUT2D eigenvalue weighted by molar-refractivity contribution is -0.138. The molecule has 2 aromatic rings. The van der Waals surface area contributed by atoms with Crippen molar-refractivity contribution in [3.63, 3.8) is 0 Å². The first-order valence-corrected chi connectivity index (χ1v) is 9.94. The Bertz CT molecular complexity index is 932. The molecule has 0 spiro atoms. The van der Waals surface area contributed by atoms with Crippen LogP contribution in [0.5, 0.6) is 5.75 Å². The van der Waals surface area contributed by atoms with Crippen LogP contribution < -0.4 is 4.74 Å². The molecule has 2 aliphatic rings. The highest BCUT2D eigenvalue weighted by molar-refractivity contribution is 6.21. The minimum Gasteiger partial charge on any atom is -0.494 e. The standard InChI is InChI=1S/C23H23NO5/c25-21(26)13-15-6-7-17-14-18(9-8-16(17)12-15)29-11-3-10-24-22(27)19-4-1-2-5-20(19)23(24)28/h1-2,4-5,8-9,14-15H,3,6-7,10-13H2,(H,25,26). The smallest absolute Gasteiger partial charge is 0.303 e. The number of hydrogen-bond donors (Lipinski definition) is 1. The molecule has 1 aliphatic heterocycles. The number of carbonyl (C=O) groups is 3. The van der Waals surface area contributed by atoms with Crippen molar-refractivity contribution in [2.45, 2.75) is 32.1 Å². The lowest BCUT2D eigenvalue weighted by Crippen LogP contribution is -2.31. The summed E-state index contributed by atoms with van der Waals surface area (Å²) in [7, 11) is 0. The second-order valence-electron chi connectivity index (χ2n) is 7.65. The summed E-state index contributed by atoms with van der Waals surface area (Å²) in [6.45, 7) is 0.738. The minimum absolute atomic E-state index is 0.200. The van der Waals surface area contributed by atoms with Crippen molar-refractivity contribution in [1.82, 2.24) is 4.90 Å². The molecular weight excluding hydrogens is 370 g/mol. The van der Waals surface area contributed by atoms with Crippen LogP contribution in [0.1, 0.15) is 51.1 Å². The van der Waals surface area contributed by atoms with Gasteiger partial charge in [0.2, 0.25) is 0 Å². The zero-order valence-electron chi connectivity index (χ0n) is 16.1. The molecule has 29 heavy (non-hydrogen) atoms. The number of carboxylic acids is 1. The summed E-state index contributed by atoms with van der Waals surface area (Å²) < 4.78 is 5.83. The second kappa shape index (κ2) is 8.07. The number of imide groups is 1. The Morgan fingerprint density at radius 3 is 2.48 bits per heavy atom. The van der Waals surface area contributed by atoms with E-state index in [-0.39, 0.29) is 24.2 Å². The van der Waals surface area contributed by atoms with Crippen molar-refractivity contribution in [2.24, 2.45) is 5.92 Å². The molecule has 6 nitrogen and oxygen atoms in total. The van der Waals surface area contributed by atoms with Gasteiger partial charge in [-0.15, -0.1) is 0 Å². The highest BCUT2D eigenvalue weighted by Crippen LogP contribution is 2.30. The summed E-state index contributed by atoms with van der Waals surface area (Å²) in [4.78, 5) is 36.9. The number of nitrogens with zero attached hydrogens (tertiary/aromatic N) is 1. The Labute approximate surface area is 169 Å². The number of carboxylic acid groups (broad SMARTS) is 1. The van der Waals surface area contributed by atoms with Crippen LogP contribution in [-0.4, -0.2) is 40.9 Å². The molecule has 0 saturated heterocycles. The van der Waals surface area contributed by atoms with Crippen molar-refractivity contribution in [2.75, 3.05) is 13.2 Å². The minimum atomic E-state index is -0.739. The van der Waals surface area contributed by atoms with Gasteiger partial charge in [0.05, 0.1) is 17.7 Å². The summed E-state index contributed by atoms with van der Waals surface area (Å²) >= 11 is 0. The van der Waals surface area contributed by atoms with Gasteiger partial charge in [0.25, 0.3) is 11.8 Å². The number of rotatable bonds is 7. The first kappa shape index (κ1) is 19.2. The molecule has 0 fully saturated rings. The highest BCUT2D eigenvalue weighted by Gasteiger charge is 2.34. The number of benzene rings is 2. The Morgan fingerprint density at radius 2 is 1.79 bits per heavy atom. The lowest BCUT2D eigenvalue weighted by Gasteiger charge is -2.24. The van der Waals surface area contributed by atoms with Gasteiger partial charge in [-0.2, -0.15) is 0 Å². The fourth-order valence-electron chi connectivity index (χ4n) is 4.17. The van der Waals surface area contributed by atoms with Crippen LogP contribution in [0.2, 0.25) is 0 Å². The molecule has 2 aromatic carbocycles. The molecule has 1 atom stereocenters. The molecule has 1 aliphatic carbocycles. The highest BCUT2D eigenvalue weighted by atomic mass is 16.5. The van der Waals surface area contributed by atoms with E-state index in [0.717, 1.165) is 25.0 Å². The number of fused-ring (bicyclic) bond motifs is 2. The number of aryl methyl sites for hydroxylation is 1. The van der Waals surface area contributed by atoms with Crippen LogP contribution in [0.4, 0.5) is 0 Å². The summed E-state index contributed by atoms with van der Waals surface area (Å²) in [5.41, 5.74) is 3.34. The Hall–Kier alpha value is -3.15. The van der Waals surface area contributed by atoms with Gasteiger partial charge < -0.3 is 9.84 Å². The molecule has 1 unspecified atom stereocenters. The van der Waals surface area contributed by atoms with Gasteiger partial charge >= 0.3 is 5.97 Å². The van der Waals surface area contributed by atoms with Crippen LogP contribution in [0.3, 0.4) is 0 Å². The Morgan fingerprint density at radius 1 is 1.07 bits per heavy atom. The van der Waals surface area contributed by atoms with Gasteiger partial charge in [0, 0.05) is 13.0 Å². The van der Waals surface area contributed by atoms with E-state index >= 15 is 0 Å². The summed E-state index contributed by atoms with van der Waals surface area (Å²) in [5, 5.41) is 8.98. The first-order chi connectivity index (χ1) is 14.0. The lowest BCUT2D eigenvalue weighted by atomic mass is 9.82. The SMILES string of the molecule is O=C(O)CC1CCc2cc(OCCCN3C(=O)c4ccccc4C3=O)ccc2C1. The molecule has 0 saturated carbocycles. The maximum absolute atomic E-state index is 12.4. The fourth-order valence-corrected chi connectivity index (χ4v) is 4.17. The van der Waals surface area contributed by atoms with Gasteiger partial charge in [0.1, 0.15) is 5.75 Å². The number of carbonyl (C=O) groups excluding carboxylic acids is 2. The van der Waals surface area contributed by atoms with Crippen molar-refractivity contribution >= 4 is 17.8 Å². The third-order valence-corrected chi connectivity index (χ3v) is 5.64. The average Bonchev–Trinajstić information content (AvgIpc) is 2.95. The first-order valence-electron chi connectivity index (χ1n) is 9.94. The predicted molar refractivity (Wildman–Crippen MR) is 106 cm³/mol. The van der Waals surface area contributed by atoms with Crippen molar-refractivity contribution in [1.29, 1.82) is 0 Å². The van der Waals surface area contributed by atoms with E-state index in [9.17, 15) is 14.4 Å². The summed E-state index contributed by atoms with van der Waals surface area (Å²) in [6, 6.07) is 12.8. The van der Waals surface area contributed by atoms with E-state index in [0.29, 0.717) is 30.7 Å². The maximum atomic E-state index is 12.4. The monoisotopic (exact) mass is 393 g/mol. The van der Waals surface area contributed by atoms with Gasteiger partial charge in [-0.3, -0.25) is 19.3 Å². The third kappa shape index (κ3) is 4.01. The molecule has 4 rings (SSSR count). The van der Waals surface area contributed by atoms with Crippen LogP contribution in [0, 0.1) is 5.92 Å². The number of amides is 2. The van der Waals surface area contributed by atoms with Crippen LogP contribution in [0.15, 0.2) is 42.5 Å². The predicted octanol–water partition coefficient (Wildman–Crippen LogP) is 3.33. The van der Waals surface area contributed by atoms with E-state index in [2.05, 4.69) is 0 Å². The van der Waals surface area contributed by atoms with Gasteiger partial charge in [-0.05, 0) is 67.0 Å². The third-order valence-electron chi connectivity index (χ3n) is 5.64. The summed E-state index contributed by atoms with van der Waals surface area (Å²) in [6.07, 6.45) is 3.31. The van der Waals surface area contributed by atoms with Crippen LogP contribution in [-0.2, 0) is 17.6 Å². The molecule has 2 amide bonds. The van der Waals surface area contributed by atoms with E-state index < -0.39 is 5.97 Å². The number of aliphatic carboxylic acids is 1. The zero-order chi connectivity index (χ0) is 20.4. The Balaban J connectivity index is 1.28. The largest absolute Gasteiger partial charge is 0.494 e. The number of hydrogen-bond acceptors (Lipinski definition) is 4. The van der Waals surface area contributed by atoms with Crippen molar-refractivity contribution < 1.29 is 24.2 Å². The topological polar surface area (TPSA) is 83.9 Å². The maximum Gasteiger partial charge on any atom is 0.303 e. The van der Waals surface area contributed by atoms with Gasteiger partial charge in [-0.1, -0.05) is 18.2 Å². The summed E-state index contributed by atoms with van der Waals surface area (Å²) in [5.74, 6) is -0.253. The van der Waals surface area contributed by atoms with Crippen LogP contribution >= 0.6 is 0 Å². The average molecular weight is 393 g/mol. The fraction of sp³-hybridized carbons (Fsp3) is 0.348. The molecule has 1 heterocycles. The second-order valence-corrected chi connectivity index (χ2v) is 7.65. The normalized spacial score (nSPS) is 17.8. The molecule has 0 aromatic heterocycles. The molecular formula is C23H23NO5. The molecule has 150 valence electrons. The van der Waals surface area contributed by atoms with E-state index in [1.807, 2.05) is 18.2 Å². The Kier molecular flexibility index (Phi) is 5.34. The van der Waals surface area contributed by atoms with E-state index in [1.54, 1.807) is 24.3 Å². The van der Waals surface area contributed by atoms with E-state index in [4.69, 9.17) is 9.84 Å². The van der Waals surface area contributed by atoms with E-state index in [1.165, 1.54) is 16.0 Å². The quantitative estimate of drug-likeness (QED) is 0.576. The molecule has 0 radical (unpaired) electrons. The number of ether oxygens (including phenoxy) is 1. The van der Waals surface area contributed by atoms with Gasteiger partial charge in [-0.25, -0.2) is 0 Å².